The van der Waals surface area contributed by atoms with Gasteiger partial charge in [0, 0.05) is 17.0 Å². The van der Waals surface area contributed by atoms with Crippen molar-refractivity contribution in [2.24, 2.45) is 23.5 Å². The Morgan fingerprint density at radius 3 is 2.52 bits per heavy atom. The highest BCUT2D eigenvalue weighted by atomic mass is 35.5. The van der Waals surface area contributed by atoms with Crippen molar-refractivity contribution in [3.8, 4) is 0 Å². The van der Waals surface area contributed by atoms with Crippen LogP contribution in [0.2, 0.25) is 5.02 Å². The maximum absolute atomic E-state index is 12.9. The Balaban J connectivity index is 1.46. The first-order chi connectivity index (χ1) is 11.1. The van der Waals surface area contributed by atoms with Crippen LogP contribution in [0.25, 0.3) is 0 Å². The number of amides is 1. The second-order valence-corrected chi connectivity index (χ2v) is 8.21. The Morgan fingerprint density at radius 2 is 1.91 bits per heavy atom. The van der Waals surface area contributed by atoms with E-state index in [2.05, 4.69) is 11.4 Å². The lowest BCUT2D eigenvalue weighted by atomic mass is 9.65. The van der Waals surface area contributed by atoms with Gasteiger partial charge in [0.05, 0.1) is 5.54 Å². The number of hydrogen-bond acceptors (Lipinski definition) is 2. The molecule has 2 bridgehead atoms. The van der Waals surface area contributed by atoms with Crippen molar-refractivity contribution >= 4 is 17.5 Å². The number of fused-ring (bicyclic) bond motifs is 2. The summed E-state index contributed by atoms with van der Waals surface area (Å²) in [4.78, 5) is 12.9. The van der Waals surface area contributed by atoms with Gasteiger partial charge >= 0.3 is 0 Å². The van der Waals surface area contributed by atoms with Gasteiger partial charge in [0.1, 0.15) is 0 Å². The van der Waals surface area contributed by atoms with Gasteiger partial charge in [0.25, 0.3) is 0 Å². The summed E-state index contributed by atoms with van der Waals surface area (Å²) >= 11 is 6.12. The van der Waals surface area contributed by atoms with E-state index in [1.54, 1.807) is 0 Å². The van der Waals surface area contributed by atoms with E-state index in [0.29, 0.717) is 17.9 Å². The van der Waals surface area contributed by atoms with Gasteiger partial charge in [-0.15, -0.1) is 0 Å². The number of nitrogens with two attached hydrogens (primary N) is 1. The van der Waals surface area contributed by atoms with E-state index in [1.165, 1.54) is 19.3 Å². The van der Waals surface area contributed by atoms with Gasteiger partial charge in [-0.1, -0.05) is 30.2 Å². The molecular weight excluding hydrogens is 308 g/mol. The maximum atomic E-state index is 12.9. The average molecular weight is 333 g/mol. The van der Waals surface area contributed by atoms with Crippen LogP contribution in [0.4, 0.5) is 0 Å². The molecule has 3 N–H and O–H groups in total. The smallest absolute Gasteiger partial charge is 0.223 e. The van der Waals surface area contributed by atoms with E-state index >= 15 is 0 Å². The minimum atomic E-state index is -0.170. The summed E-state index contributed by atoms with van der Waals surface area (Å²) in [5.41, 5.74) is 7.32. The van der Waals surface area contributed by atoms with Crippen LogP contribution in [0, 0.1) is 17.8 Å². The SMILES string of the molecule is NC1C2CCCC1CC(C(=O)NC1(c3cccc(Cl)c3)CC1)C2. The highest BCUT2D eigenvalue weighted by Gasteiger charge is 2.48. The van der Waals surface area contributed by atoms with Crippen LogP contribution in [0.15, 0.2) is 24.3 Å². The lowest BCUT2D eigenvalue weighted by Crippen LogP contribution is -2.50. The van der Waals surface area contributed by atoms with Crippen LogP contribution in [0.1, 0.15) is 50.5 Å². The molecule has 4 heteroatoms. The van der Waals surface area contributed by atoms with Crippen LogP contribution in [-0.2, 0) is 10.3 Å². The standard InChI is InChI=1S/C19H25ClN2O/c20-16-6-2-5-15(11-16)19(7-8-19)22-18(23)14-9-12-3-1-4-13(10-14)17(12)21/h2,5-6,11-14,17H,1,3-4,7-10,21H2,(H,22,23). The Labute approximate surface area is 143 Å². The van der Waals surface area contributed by atoms with Gasteiger partial charge in [0.2, 0.25) is 5.91 Å². The van der Waals surface area contributed by atoms with Crippen molar-refractivity contribution in [2.75, 3.05) is 0 Å². The number of carbonyl (C=O) groups is 1. The third-order valence-corrected chi connectivity index (χ3v) is 6.51. The fourth-order valence-electron chi connectivity index (χ4n) is 4.74. The summed E-state index contributed by atoms with van der Waals surface area (Å²) in [7, 11) is 0. The molecule has 0 heterocycles. The van der Waals surface area contributed by atoms with E-state index < -0.39 is 0 Å². The molecule has 0 aromatic heterocycles. The molecule has 4 rings (SSSR count). The van der Waals surface area contributed by atoms with E-state index in [4.69, 9.17) is 17.3 Å². The Kier molecular flexibility index (Phi) is 3.89. The van der Waals surface area contributed by atoms with Crippen molar-refractivity contribution in [1.82, 2.24) is 5.32 Å². The molecule has 3 aliphatic carbocycles. The molecule has 3 fully saturated rings. The molecule has 3 nitrogen and oxygen atoms in total. The summed E-state index contributed by atoms with van der Waals surface area (Å²) in [5, 5.41) is 4.08. The van der Waals surface area contributed by atoms with E-state index in [1.807, 2.05) is 18.2 Å². The van der Waals surface area contributed by atoms with Gasteiger partial charge in [-0.2, -0.15) is 0 Å². The maximum Gasteiger partial charge on any atom is 0.223 e. The van der Waals surface area contributed by atoms with Gasteiger partial charge in [-0.05, 0) is 68.1 Å². The fourth-order valence-corrected chi connectivity index (χ4v) is 4.93. The predicted molar refractivity (Wildman–Crippen MR) is 92.0 cm³/mol. The minimum absolute atomic E-state index is 0.141. The molecule has 124 valence electrons. The molecule has 3 aliphatic rings. The topological polar surface area (TPSA) is 55.1 Å². The molecule has 2 atom stereocenters. The van der Waals surface area contributed by atoms with Gasteiger partial charge in [-0.25, -0.2) is 0 Å². The van der Waals surface area contributed by atoms with Crippen molar-refractivity contribution in [1.29, 1.82) is 0 Å². The number of rotatable bonds is 3. The lowest BCUT2D eigenvalue weighted by molar-refractivity contribution is -0.129. The first-order valence-corrected chi connectivity index (χ1v) is 9.29. The summed E-state index contributed by atoms with van der Waals surface area (Å²) in [5.74, 6) is 1.45. The largest absolute Gasteiger partial charge is 0.346 e. The summed E-state index contributed by atoms with van der Waals surface area (Å²) in [6, 6.07) is 8.22. The van der Waals surface area contributed by atoms with Crippen LogP contribution in [-0.4, -0.2) is 11.9 Å². The van der Waals surface area contributed by atoms with Crippen LogP contribution in [0.3, 0.4) is 0 Å². The number of hydrogen-bond donors (Lipinski definition) is 2. The van der Waals surface area contributed by atoms with Crippen molar-refractivity contribution in [3.63, 3.8) is 0 Å². The third kappa shape index (κ3) is 2.89. The van der Waals surface area contributed by atoms with Crippen LogP contribution in [0.5, 0.6) is 0 Å². The van der Waals surface area contributed by atoms with Crippen LogP contribution >= 0.6 is 11.6 Å². The molecule has 0 spiro atoms. The minimum Gasteiger partial charge on any atom is -0.346 e. The molecule has 2 unspecified atom stereocenters. The number of carbonyl (C=O) groups excluding carboxylic acids is 1. The molecule has 0 radical (unpaired) electrons. The number of halogens is 1. The van der Waals surface area contributed by atoms with Gasteiger partial charge in [-0.3, -0.25) is 4.79 Å². The Hall–Kier alpha value is -1.06. The molecular formula is C19H25ClN2O. The zero-order valence-corrected chi connectivity index (χ0v) is 14.2. The zero-order chi connectivity index (χ0) is 16.0. The first-order valence-electron chi connectivity index (χ1n) is 8.91. The Morgan fingerprint density at radius 1 is 1.22 bits per heavy atom. The first kappa shape index (κ1) is 15.5. The average Bonchev–Trinajstić information content (AvgIpc) is 3.27. The number of nitrogens with one attached hydrogen (secondary N) is 1. The Bertz CT molecular complexity index is 599. The monoisotopic (exact) mass is 332 g/mol. The second kappa shape index (κ2) is 5.78. The molecule has 3 saturated carbocycles. The van der Waals surface area contributed by atoms with Crippen molar-refractivity contribution < 1.29 is 4.79 Å². The van der Waals surface area contributed by atoms with E-state index in [0.717, 1.165) is 36.3 Å². The van der Waals surface area contributed by atoms with Crippen LogP contribution < -0.4 is 11.1 Å². The predicted octanol–water partition coefficient (Wildman–Crippen LogP) is 3.60. The normalized spacial score (nSPS) is 34.7. The molecule has 1 amide bonds. The molecule has 0 saturated heterocycles. The third-order valence-electron chi connectivity index (χ3n) is 6.27. The number of benzene rings is 1. The zero-order valence-electron chi connectivity index (χ0n) is 13.4. The molecule has 0 aliphatic heterocycles. The van der Waals surface area contributed by atoms with Gasteiger partial charge < -0.3 is 11.1 Å². The quantitative estimate of drug-likeness (QED) is 0.888. The van der Waals surface area contributed by atoms with E-state index in [9.17, 15) is 4.79 Å². The summed E-state index contributed by atoms with van der Waals surface area (Å²) in [6.45, 7) is 0. The van der Waals surface area contributed by atoms with Crippen molar-refractivity contribution in [3.05, 3.63) is 34.9 Å². The van der Waals surface area contributed by atoms with Crippen molar-refractivity contribution in [2.45, 2.75) is 56.5 Å². The molecule has 1 aromatic rings. The molecule has 23 heavy (non-hydrogen) atoms. The van der Waals surface area contributed by atoms with E-state index in [-0.39, 0.29) is 17.4 Å². The highest BCUT2D eigenvalue weighted by molar-refractivity contribution is 6.30. The van der Waals surface area contributed by atoms with Gasteiger partial charge in [0.15, 0.2) is 0 Å². The summed E-state index contributed by atoms with van der Waals surface area (Å²) < 4.78 is 0. The molecule has 1 aromatic carbocycles. The summed E-state index contributed by atoms with van der Waals surface area (Å²) in [6.07, 6.45) is 7.63. The second-order valence-electron chi connectivity index (χ2n) is 7.78. The lowest BCUT2D eigenvalue weighted by Gasteiger charge is -2.43. The highest BCUT2D eigenvalue weighted by Crippen LogP contribution is 2.47. The fraction of sp³-hybridized carbons (Fsp3) is 0.632.